The van der Waals surface area contributed by atoms with Gasteiger partial charge >= 0.3 is 0 Å². The summed E-state index contributed by atoms with van der Waals surface area (Å²) in [6.45, 7) is 1.40. The maximum atomic E-state index is 13.5. The van der Waals surface area contributed by atoms with E-state index in [1.807, 2.05) is 0 Å². The molecule has 2 aromatic rings. The number of hydrogen-bond donors (Lipinski definition) is 0. The van der Waals surface area contributed by atoms with Crippen LogP contribution in [0.5, 0.6) is 0 Å². The van der Waals surface area contributed by atoms with Gasteiger partial charge in [0.15, 0.2) is 5.78 Å². The highest BCUT2D eigenvalue weighted by Crippen LogP contribution is 2.27. The summed E-state index contributed by atoms with van der Waals surface area (Å²) in [5.41, 5.74) is 0.406. The Hall–Kier alpha value is -2.10. The highest BCUT2D eigenvalue weighted by molar-refractivity contribution is 5.94. The van der Waals surface area contributed by atoms with E-state index in [0.717, 1.165) is 0 Å². The first kappa shape index (κ1) is 12.4. The van der Waals surface area contributed by atoms with Crippen molar-refractivity contribution in [1.29, 1.82) is 0 Å². The summed E-state index contributed by atoms with van der Waals surface area (Å²) >= 11 is 0. The van der Waals surface area contributed by atoms with Crippen LogP contribution in [0.15, 0.2) is 36.4 Å². The van der Waals surface area contributed by atoms with E-state index in [1.54, 1.807) is 0 Å². The van der Waals surface area contributed by atoms with Crippen LogP contribution in [-0.4, -0.2) is 5.78 Å². The van der Waals surface area contributed by atoms with Crippen LogP contribution >= 0.6 is 0 Å². The van der Waals surface area contributed by atoms with Crippen LogP contribution in [0.1, 0.15) is 17.3 Å². The van der Waals surface area contributed by atoms with Gasteiger partial charge < -0.3 is 0 Å². The summed E-state index contributed by atoms with van der Waals surface area (Å²) in [4.78, 5) is 11.1. The third kappa shape index (κ3) is 2.27. The van der Waals surface area contributed by atoms with Crippen molar-refractivity contribution >= 4 is 5.78 Å². The average molecular weight is 250 g/mol. The summed E-state index contributed by atoms with van der Waals surface area (Å²) in [5, 5.41) is 0. The van der Waals surface area contributed by atoms with Crippen molar-refractivity contribution in [3.63, 3.8) is 0 Å². The molecule has 4 heteroatoms. The molecule has 0 amide bonds. The Morgan fingerprint density at radius 1 is 0.944 bits per heavy atom. The third-order valence-electron chi connectivity index (χ3n) is 2.59. The second-order valence-corrected chi connectivity index (χ2v) is 3.88. The molecule has 2 aromatic carbocycles. The van der Waals surface area contributed by atoms with Crippen LogP contribution in [0.4, 0.5) is 13.2 Å². The van der Waals surface area contributed by atoms with Crippen LogP contribution in [0, 0.1) is 17.5 Å². The van der Waals surface area contributed by atoms with Crippen LogP contribution in [0.3, 0.4) is 0 Å². The fourth-order valence-corrected chi connectivity index (χ4v) is 1.69. The van der Waals surface area contributed by atoms with Crippen molar-refractivity contribution in [2.24, 2.45) is 0 Å². The number of hydrogen-bond acceptors (Lipinski definition) is 1. The number of halogens is 3. The van der Waals surface area contributed by atoms with Crippen molar-refractivity contribution in [3.8, 4) is 11.1 Å². The van der Waals surface area contributed by atoms with E-state index >= 15 is 0 Å². The minimum atomic E-state index is -0.969. The SMILES string of the molecule is CC(=O)c1ccc(-c2c(F)cc(F)cc2F)cc1. The molecule has 0 N–H and O–H groups in total. The average Bonchev–Trinajstić information content (AvgIpc) is 2.28. The number of ketones is 1. The van der Waals surface area contributed by atoms with Crippen LogP contribution < -0.4 is 0 Å². The molecule has 0 aliphatic heterocycles. The Balaban J connectivity index is 2.52. The van der Waals surface area contributed by atoms with Gasteiger partial charge in [-0.1, -0.05) is 24.3 Å². The lowest BCUT2D eigenvalue weighted by molar-refractivity contribution is 0.101. The molecular weight excluding hydrogens is 241 g/mol. The Labute approximate surface area is 102 Å². The molecule has 0 atom stereocenters. The standard InChI is InChI=1S/C14H9F3O/c1-8(18)9-2-4-10(5-3-9)14-12(16)6-11(15)7-13(14)17/h2-7H,1H3. The van der Waals surface area contributed by atoms with Gasteiger partial charge in [-0.05, 0) is 12.5 Å². The topological polar surface area (TPSA) is 17.1 Å². The van der Waals surface area contributed by atoms with E-state index < -0.39 is 17.5 Å². The number of carbonyl (C=O) groups is 1. The van der Waals surface area contributed by atoms with E-state index in [1.165, 1.54) is 31.2 Å². The normalized spacial score (nSPS) is 10.4. The molecule has 2 rings (SSSR count). The van der Waals surface area contributed by atoms with Gasteiger partial charge in [0.05, 0.1) is 5.56 Å². The van der Waals surface area contributed by atoms with E-state index in [9.17, 15) is 18.0 Å². The van der Waals surface area contributed by atoms with Crippen molar-refractivity contribution < 1.29 is 18.0 Å². The summed E-state index contributed by atoms with van der Waals surface area (Å²) < 4.78 is 39.8. The van der Waals surface area contributed by atoms with Crippen LogP contribution in [0.25, 0.3) is 11.1 Å². The highest BCUT2D eigenvalue weighted by atomic mass is 19.1. The predicted octanol–water partition coefficient (Wildman–Crippen LogP) is 3.97. The highest BCUT2D eigenvalue weighted by Gasteiger charge is 2.13. The minimum Gasteiger partial charge on any atom is -0.295 e. The van der Waals surface area contributed by atoms with E-state index in [-0.39, 0.29) is 16.9 Å². The first-order chi connectivity index (χ1) is 8.49. The zero-order valence-corrected chi connectivity index (χ0v) is 9.51. The quantitative estimate of drug-likeness (QED) is 0.737. The van der Waals surface area contributed by atoms with E-state index in [4.69, 9.17) is 0 Å². The molecule has 1 nitrogen and oxygen atoms in total. The largest absolute Gasteiger partial charge is 0.295 e. The van der Waals surface area contributed by atoms with E-state index in [0.29, 0.717) is 17.7 Å². The number of Topliss-reactive ketones (excluding diaryl/α,β-unsaturated/α-hetero) is 1. The second kappa shape index (κ2) is 4.64. The zero-order valence-electron chi connectivity index (χ0n) is 9.51. The number of benzene rings is 2. The molecule has 0 aromatic heterocycles. The van der Waals surface area contributed by atoms with Crippen molar-refractivity contribution in [1.82, 2.24) is 0 Å². The zero-order chi connectivity index (χ0) is 13.3. The van der Waals surface area contributed by atoms with Crippen molar-refractivity contribution in [2.75, 3.05) is 0 Å². The maximum Gasteiger partial charge on any atom is 0.159 e. The molecule has 0 saturated heterocycles. The molecule has 0 bridgehead atoms. The summed E-state index contributed by atoms with van der Waals surface area (Å²) in [5.74, 6) is -3.04. The van der Waals surface area contributed by atoms with Gasteiger partial charge in [0.1, 0.15) is 17.5 Å². The van der Waals surface area contributed by atoms with Crippen molar-refractivity contribution in [3.05, 3.63) is 59.4 Å². The Morgan fingerprint density at radius 2 is 1.44 bits per heavy atom. The monoisotopic (exact) mass is 250 g/mol. The molecule has 0 radical (unpaired) electrons. The van der Waals surface area contributed by atoms with Gasteiger partial charge in [0.2, 0.25) is 0 Å². The maximum absolute atomic E-state index is 13.5. The van der Waals surface area contributed by atoms with Gasteiger partial charge in [-0.2, -0.15) is 0 Å². The molecule has 0 saturated carbocycles. The van der Waals surface area contributed by atoms with Gasteiger partial charge in [0, 0.05) is 17.7 Å². The first-order valence-corrected chi connectivity index (χ1v) is 5.25. The molecule has 0 unspecified atom stereocenters. The smallest absolute Gasteiger partial charge is 0.159 e. The van der Waals surface area contributed by atoms with E-state index in [2.05, 4.69) is 0 Å². The second-order valence-electron chi connectivity index (χ2n) is 3.88. The lowest BCUT2D eigenvalue weighted by Gasteiger charge is -2.06. The molecule has 0 aliphatic rings. The molecule has 0 aliphatic carbocycles. The van der Waals surface area contributed by atoms with Gasteiger partial charge in [-0.15, -0.1) is 0 Å². The molecule has 0 heterocycles. The minimum absolute atomic E-state index is 0.137. The molecular formula is C14H9F3O. The van der Waals surface area contributed by atoms with Crippen LogP contribution in [0.2, 0.25) is 0 Å². The molecule has 92 valence electrons. The number of rotatable bonds is 2. The summed E-state index contributed by atoms with van der Waals surface area (Å²) in [6.07, 6.45) is 0. The third-order valence-corrected chi connectivity index (χ3v) is 2.59. The first-order valence-electron chi connectivity index (χ1n) is 5.25. The number of carbonyl (C=O) groups excluding carboxylic acids is 1. The Kier molecular flexibility index (Phi) is 3.19. The van der Waals surface area contributed by atoms with Gasteiger partial charge in [-0.25, -0.2) is 13.2 Å². The fraction of sp³-hybridized carbons (Fsp3) is 0.0714. The molecule has 0 spiro atoms. The van der Waals surface area contributed by atoms with Crippen molar-refractivity contribution in [2.45, 2.75) is 6.92 Å². The summed E-state index contributed by atoms with van der Waals surface area (Å²) in [6, 6.07) is 7.04. The fourth-order valence-electron chi connectivity index (χ4n) is 1.69. The van der Waals surface area contributed by atoms with Gasteiger partial charge in [0.25, 0.3) is 0 Å². The predicted molar refractivity (Wildman–Crippen MR) is 61.8 cm³/mol. The van der Waals surface area contributed by atoms with Gasteiger partial charge in [-0.3, -0.25) is 4.79 Å². The molecule has 0 fully saturated rings. The lowest BCUT2D eigenvalue weighted by atomic mass is 10.0. The lowest BCUT2D eigenvalue weighted by Crippen LogP contribution is -1.94. The van der Waals surface area contributed by atoms with Crippen LogP contribution in [-0.2, 0) is 0 Å². The molecule has 18 heavy (non-hydrogen) atoms. The Bertz CT molecular complexity index is 580. The Morgan fingerprint density at radius 3 is 1.89 bits per heavy atom. The summed E-state index contributed by atoms with van der Waals surface area (Å²) in [7, 11) is 0.